The van der Waals surface area contributed by atoms with E-state index in [1.54, 1.807) is 0 Å². The first-order chi connectivity index (χ1) is 5.72. The summed E-state index contributed by atoms with van der Waals surface area (Å²) in [5, 5.41) is 0. The van der Waals surface area contributed by atoms with E-state index in [1.165, 1.54) is 6.08 Å². The van der Waals surface area contributed by atoms with Gasteiger partial charge in [0.1, 0.15) is 0 Å². The van der Waals surface area contributed by atoms with Gasteiger partial charge in [0, 0.05) is 0 Å². The molecule has 0 heterocycles. The van der Waals surface area contributed by atoms with Crippen LogP contribution in [0.2, 0.25) is 0 Å². The van der Waals surface area contributed by atoms with Crippen LogP contribution in [0.4, 0.5) is 0 Å². The molecule has 0 aromatic carbocycles. The molecule has 0 aliphatic rings. The summed E-state index contributed by atoms with van der Waals surface area (Å²) < 4.78 is 20.9. The second kappa shape index (κ2) is 6.85. The Morgan fingerprint density at radius 2 is 1.92 bits per heavy atom. The van der Waals surface area contributed by atoms with Gasteiger partial charge in [0.05, 0.1) is 4.86 Å². The fourth-order valence-corrected chi connectivity index (χ4v) is 1.29. The maximum atomic E-state index is 10.5. The maximum Gasteiger partial charge on any atom is 0.217 e. The van der Waals surface area contributed by atoms with Gasteiger partial charge in [-0.25, -0.2) is 0 Å². The third kappa shape index (κ3) is 4.91. The number of hydrogen-bond donors (Lipinski definition) is 0. The standard InChI is InChI=1S/C9H14O2S/c1-3-5-6-7-8-9(4-2)12(10)11/h3-4H,1-2,5-8H2. The van der Waals surface area contributed by atoms with Crippen LogP contribution in [0.3, 0.4) is 0 Å². The van der Waals surface area contributed by atoms with Crippen LogP contribution in [-0.4, -0.2) is 13.3 Å². The third-order valence-electron chi connectivity index (χ3n) is 1.52. The number of rotatable bonds is 6. The van der Waals surface area contributed by atoms with E-state index in [4.69, 9.17) is 0 Å². The van der Waals surface area contributed by atoms with E-state index in [0.29, 0.717) is 11.3 Å². The van der Waals surface area contributed by atoms with Crippen molar-refractivity contribution in [2.45, 2.75) is 25.7 Å². The van der Waals surface area contributed by atoms with Gasteiger partial charge < -0.3 is 0 Å². The minimum absolute atomic E-state index is 0.402. The van der Waals surface area contributed by atoms with Crippen LogP contribution >= 0.6 is 0 Å². The number of allylic oxidation sites excluding steroid dienone is 2. The molecular weight excluding hydrogens is 172 g/mol. The van der Waals surface area contributed by atoms with Crippen molar-refractivity contribution in [3.8, 4) is 0 Å². The molecule has 0 unspecified atom stereocenters. The first-order valence-corrected chi connectivity index (χ1v) is 4.98. The van der Waals surface area contributed by atoms with Gasteiger partial charge >= 0.3 is 0 Å². The lowest BCUT2D eigenvalue weighted by atomic mass is 10.1. The lowest BCUT2D eigenvalue weighted by molar-refractivity contribution is 0.626. The van der Waals surface area contributed by atoms with Crippen LogP contribution in [0.15, 0.2) is 25.3 Å². The van der Waals surface area contributed by atoms with Crippen LogP contribution < -0.4 is 0 Å². The van der Waals surface area contributed by atoms with Crippen LogP contribution in [0.25, 0.3) is 0 Å². The summed E-state index contributed by atoms with van der Waals surface area (Å²) in [5.41, 5.74) is 0. The van der Waals surface area contributed by atoms with Crippen molar-refractivity contribution in [1.29, 1.82) is 0 Å². The van der Waals surface area contributed by atoms with Gasteiger partial charge in [-0.3, -0.25) is 0 Å². The zero-order valence-electron chi connectivity index (χ0n) is 7.12. The maximum absolute atomic E-state index is 10.5. The predicted octanol–water partition coefficient (Wildman–Crippen LogP) is 1.97. The largest absolute Gasteiger partial charge is 0.217 e. The van der Waals surface area contributed by atoms with Crippen molar-refractivity contribution in [3.63, 3.8) is 0 Å². The Balaban J connectivity index is 3.84. The van der Waals surface area contributed by atoms with E-state index >= 15 is 0 Å². The highest BCUT2D eigenvalue weighted by Crippen LogP contribution is 2.01. The quantitative estimate of drug-likeness (QED) is 0.275. The van der Waals surface area contributed by atoms with Gasteiger partial charge in [-0.05, 0) is 25.7 Å². The number of unbranched alkanes of at least 4 members (excludes halogenated alkanes) is 2. The van der Waals surface area contributed by atoms with Gasteiger partial charge in [-0.1, -0.05) is 18.7 Å². The van der Waals surface area contributed by atoms with Crippen molar-refractivity contribution < 1.29 is 8.42 Å². The zero-order valence-corrected chi connectivity index (χ0v) is 7.94. The van der Waals surface area contributed by atoms with Gasteiger partial charge in [0.2, 0.25) is 10.3 Å². The molecule has 2 nitrogen and oxygen atoms in total. The number of hydrogen-bond acceptors (Lipinski definition) is 2. The molecule has 0 fully saturated rings. The second-order valence-electron chi connectivity index (χ2n) is 2.44. The molecule has 3 heteroatoms. The Bertz CT molecular complexity index is 265. The van der Waals surface area contributed by atoms with E-state index in [1.807, 2.05) is 6.08 Å². The SMILES string of the molecule is C=CCCCCC(C=C)=S(=O)=O. The topological polar surface area (TPSA) is 34.1 Å². The monoisotopic (exact) mass is 186 g/mol. The van der Waals surface area contributed by atoms with Gasteiger partial charge in [0.25, 0.3) is 0 Å². The molecule has 0 amide bonds. The molecule has 0 rings (SSSR count). The van der Waals surface area contributed by atoms with Crippen LogP contribution in [0, 0.1) is 0 Å². The van der Waals surface area contributed by atoms with E-state index < -0.39 is 10.3 Å². The molecule has 0 bridgehead atoms. The molecule has 0 aromatic rings. The highest BCUT2D eigenvalue weighted by molar-refractivity contribution is 7.73. The highest BCUT2D eigenvalue weighted by Gasteiger charge is 1.94. The van der Waals surface area contributed by atoms with E-state index in [0.717, 1.165) is 19.3 Å². The summed E-state index contributed by atoms with van der Waals surface area (Å²) in [4.78, 5) is 0.402. The van der Waals surface area contributed by atoms with Crippen molar-refractivity contribution in [3.05, 3.63) is 25.3 Å². The minimum atomic E-state index is -2.09. The molecule has 0 saturated heterocycles. The summed E-state index contributed by atoms with van der Waals surface area (Å²) >= 11 is 0. The molecule has 12 heavy (non-hydrogen) atoms. The normalized spacial score (nSPS) is 9.00. The third-order valence-corrected chi connectivity index (χ3v) is 2.32. The first kappa shape index (κ1) is 11.2. The minimum Gasteiger partial charge on any atom is -0.184 e. The predicted molar refractivity (Wildman–Crippen MR) is 52.8 cm³/mol. The molecule has 0 saturated carbocycles. The molecule has 0 aliphatic heterocycles. The summed E-state index contributed by atoms with van der Waals surface area (Å²) in [6, 6.07) is 0. The zero-order chi connectivity index (χ0) is 9.40. The molecule has 0 spiro atoms. The average Bonchev–Trinajstić information content (AvgIpc) is 2.04. The lowest BCUT2D eigenvalue weighted by Gasteiger charge is -1.94. The van der Waals surface area contributed by atoms with Crippen LogP contribution in [0.1, 0.15) is 25.7 Å². The Labute approximate surface area is 75.1 Å². The smallest absolute Gasteiger partial charge is 0.184 e. The van der Waals surface area contributed by atoms with Gasteiger partial charge in [0.15, 0.2) is 0 Å². The molecule has 0 aromatic heterocycles. The second-order valence-corrected chi connectivity index (χ2v) is 3.43. The summed E-state index contributed by atoms with van der Waals surface area (Å²) in [6.45, 7) is 7.01. The van der Waals surface area contributed by atoms with Gasteiger partial charge in [-0.2, -0.15) is 8.42 Å². The lowest BCUT2D eigenvalue weighted by Crippen LogP contribution is -1.94. The molecule has 0 N–H and O–H groups in total. The molecule has 0 atom stereocenters. The average molecular weight is 186 g/mol. The highest BCUT2D eigenvalue weighted by atomic mass is 32.2. The first-order valence-electron chi connectivity index (χ1n) is 3.90. The van der Waals surface area contributed by atoms with Crippen molar-refractivity contribution in [2.24, 2.45) is 0 Å². The summed E-state index contributed by atoms with van der Waals surface area (Å²) in [5.74, 6) is 0. The van der Waals surface area contributed by atoms with E-state index in [-0.39, 0.29) is 0 Å². The van der Waals surface area contributed by atoms with Crippen molar-refractivity contribution in [1.82, 2.24) is 0 Å². The Morgan fingerprint density at radius 3 is 2.33 bits per heavy atom. The van der Waals surface area contributed by atoms with Gasteiger partial charge in [-0.15, -0.1) is 6.58 Å². The van der Waals surface area contributed by atoms with Crippen LogP contribution in [-0.2, 0) is 10.3 Å². The summed E-state index contributed by atoms with van der Waals surface area (Å²) in [7, 11) is -2.09. The summed E-state index contributed by atoms with van der Waals surface area (Å²) in [6.07, 6.45) is 6.63. The van der Waals surface area contributed by atoms with Crippen molar-refractivity contribution in [2.75, 3.05) is 0 Å². The Kier molecular flexibility index (Phi) is 6.38. The Hall–Kier alpha value is -0.830. The van der Waals surface area contributed by atoms with Crippen molar-refractivity contribution >= 4 is 15.2 Å². The molecule has 68 valence electrons. The van der Waals surface area contributed by atoms with Crippen LogP contribution in [0.5, 0.6) is 0 Å². The van der Waals surface area contributed by atoms with E-state index in [2.05, 4.69) is 13.2 Å². The molecule has 0 radical (unpaired) electrons. The van der Waals surface area contributed by atoms with E-state index in [9.17, 15) is 8.42 Å². The fourth-order valence-electron chi connectivity index (χ4n) is 0.841. The molecule has 0 aliphatic carbocycles. The Morgan fingerprint density at radius 1 is 1.25 bits per heavy atom. The fraction of sp³-hybridized carbons (Fsp3) is 0.444. The molecular formula is C9H14O2S.